The molecule has 6 heteroatoms. The lowest BCUT2D eigenvalue weighted by Gasteiger charge is -2.23. The van der Waals surface area contributed by atoms with Crippen LogP contribution >= 0.6 is 39.3 Å². The van der Waals surface area contributed by atoms with E-state index >= 15 is 0 Å². The summed E-state index contributed by atoms with van der Waals surface area (Å²) in [6, 6.07) is 3.34. The van der Waals surface area contributed by atoms with E-state index < -0.39 is 0 Å². The van der Waals surface area contributed by atoms with Crippen LogP contribution in [-0.4, -0.2) is 26.9 Å². The molecule has 21 heavy (non-hydrogen) atoms. The minimum atomic E-state index is -0.265. The van der Waals surface area contributed by atoms with Gasteiger partial charge in [0.2, 0.25) is 0 Å². The zero-order valence-electron chi connectivity index (χ0n) is 11.6. The lowest BCUT2D eigenvalue weighted by atomic mass is 10.0. The van der Waals surface area contributed by atoms with Crippen LogP contribution in [0.1, 0.15) is 18.7 Å². The van der Waals surface area contributed by atoms with E-state index in [9.17, 15) is 4.39 Å². The smallest absolute Gasteiger partial charge is 0.139 e. The van der Waals surface area contributed by atoms with Crippen LogP contribution in [0.3, 0.4) is 0 Å². The first-order valence-electron chi connectivity index (χ1n) is 7.17. The summed E-state index contributed by atoms with van der Waals surface area (Å²) in [5.41, 5.74) is 1.72. The molecule has 0 spiro atoms. The number of aromatic nitrogens is 2. The standard InChI is InChI=1S/C15H17BrClFN2S/c16-11-7-14-13(8-12(11)18)19-15(1-4-17)20(14)9-10-2-5-21-6-3-10/h7-8,10H,1-6,9H2. The van der Waals surface area contributed by atoms with Gasteiger partial charge in [-0.25, -0.2) is 9.37 Å². The zero-order chi connectivity index (χ0) is 14.8. The number of thioether (sulfide) groups is 1. The highest BCUT2D eigenvalue weighted by molar-refractivity contribution is 9.10. The Hall–Kier alpha value is -0.260. The van der Waals surface area contributed by atoms with Gasteiger partial charge >= 0.3 is 0 Å². The number of imidazole rings is 1. The first-order valence-corrected chi connectivity index (χ1v) is 9.65. The highest BCUT2D eigenvalue weighted by Crippen LogP contribution is 2.29. The third-order valence-electron chi connectivity index (χ3n) is 3.97. The van der Waals surface area contributed by atoms with Gasteiger partial charge in [-0.05, 0) is 52.3 Å². The van der Waals surface area contributed by atoms with Crippen LogP contribution < -0.4 is 0 Å². The number of halogens is 3. The first-order chi connectivity index (χ1) is 10.2. The van der Waals surface area contributed by atoms with Crippen molar-refractivity contribution in [1.29, 1.82) is 0 Å². The maximum absolute atomic E-state index is 13.7. The van der Waals surface area contributed by atoms with Gasteiger partial charge in [-0.3, -0.25) is 0 Å². The molecular weight excluding hydrogens is 375 g/mol. The summed E-state index contributed by atoms with van der Waals surface area (Å²) in [5.74, 6) is 4.39. The van der Waals surface area contributed by atoms with Gasteiger partial charge in [0.05, 0.1) is 15.5 Å². The largest absolute Gasteiger partial charge is 0.328 e. The Bertz CT molecular complexity index is 640. The fourth-order valence-electron chi connectivity index (χ4n) is 2.84. The normalized spacial score (nSPS) is 16.7. The number of hydrogen-bond donors (Lipinski definition) is 0. The van der Waals surface area contributed by atoms with Crippen LogP contribution in [-0.2, 0) is 13.0 Å². The summed E-state index contributed by atoms with van der Waals surface area (Å²) >= 11 is 11.2. The molecule has 0 N–H and O–H groups in total. The van der Waals surface area contributed by atoms with Gasteiger partial charge in [-0.2, -0.15) is 11.8 Å². The Labute approximate surface area is 141 Å². The molecule has 1 aliphatic heterocycles. The highest BCUT2D eigenvalue weighted by Gasteiger charge is 2.19. The molecule has 0 radical (unpaired) electrons. The SMILES string of the molecule is Fc1cc2nc(CCCl)n(CC3CCSCC3)c2cc1Br. The molecule has 1 fully saturated rings. The predicted molar refractivity (Wildman–Crippen MR) is 91.9 cm³/mol. The minimum absolute atomic E-state index is 0.265. The van der Waals surface area contributed by atoms with Gasteiger partial charge in [0.1, 0.15) is 11.6 Å². The quantitative estimate of drug-likeness (QED) is 0.693. The minimum Gasteiger partial charge on any atom is -0.328 e. The summed E-state index contributed by atoms with van der Waals surface area (Å²) < 4.78 is 16.4. The van der Waals surface area contributed by atoms with Crippen LogP contribution in [0, 0.1) is 11.7 Å². The van der Waals surface area contributed by atoms with Crippen molar-refractivity contribution in [3.05, 3.63) is 28.2 Å². The fourth-order valence-corrected chi connectivity index (χ4v) is 4.54. The molecule has 3 rings (SSSR count). The van der Waals surface area contributed by atoms with Crippen LogP contribution in [0.4, 0.5) is 4.39 Å². The van der Waals surface area contributed by atoms with Gasteiger partial charge in [0.25, 0.3) is 0 Å². The lowest BCUT2D eigenvalue weighted by molar-refractivity contribution is 0.416. The molecule has 2 aromatic rings. The number of benzene rings is 1. The third kappa shape index (κ3) is 3.40. The van der Waals surface area contributed by atoms with Crippen molar-refractivity contribution in [2.45, 2.75) is 25.8 Å². The predicted octanol–water partition coefficient (Wildman–Crippen LogP) is 4.86. The molecule has 1 aromatic carbocycles. The van der Waals surface area contributed by atoms with Crippen molar-refractivity contribution in [3.63, 3.8) is 0 Å². The van der Waals surface area contributed by atoms with Gasteiger partial charge in [0, 0.05) is 24.9 Å². The topological polar surface area (TPSA) is 17.8 Å². The molecule has 0 unspecified atom stereocenters. The molecule has 2 nitrogen and oxygen atoms in total. The van der Waals surface area contributed by atoms with Crippen molar-refractivity contribution >= 4 is 50.3 Å². The third-order valence-corrected chi connectivity index (χ3v) is 5.81. The molecule has 0 amide bonds. The Morgan fingerprint density at radius 1 is 1.38 bits per heavy atom. The van der Waals surface area contributed by atoms with E-state index in [-0.39, 0.29) is 5.82 Å². The van der Waals surface area contributed by atoms with Crippen LogP contribution in [0.15, 0.2) is 16.6 Å². The maximum atomic E-state index is 13.7. The van der Waals surface area contributed by atoms with Crippen molar-refractivity contribution < 1.29 is 4.39 Å². The number of hydrogen-bond acceptors (Lipinski definition) is 2. The molecule has 1 saturated heterocycles. The molecule has 0 saturated carbocycles. The second-order valence-electron chi connectivity index (χ2n) is 5.39. The van der Waals surface area contributed by atoms with Crippen LogP contribution in [0.2, 0.25) is 0 Å². The van der Waals surface area contributed by atoms with E-state index in [0.717, 1.165) is 29.8 Å². The van der Waals surface area contributed by atoms with Gasteiger partial charge < -0.3 is 4.57 Å². The zero-order valence-corrected chi connectivity index (χ0v) is 14.8. The molecular formula is C15H17BrClFN2S. The van der Waals surface area contributed by atoms with E-state index in [1.54, 1.807) is 0 Å². The Morgan fingerprint density at radius 3 is 2.86 bits per heavy atom. The first kappa shape index (κ1) is 15.6. The maximum Gasteiger partial charge on any atom is 0.139 e. The Kier molecular flexibility index (Phi) is 5.12. The molecule has 0 bridgehead atoms. The molecule has 0 aliphatic carbocycles. The molecule has 114 valence electrons. The average Bonchev–Trinajstić information content (AvgIpc) is 2.79. The summed E-state index contributed by atoms with van der Waals surface area (Å²) in [7, 11) is 0. The molecule has 2 heterocycles. The highest BCUT2D eigenvalue weighted by atomic mass is 79.9. The fraction of sp³-hybridized carbons (Fsp3) is 0.533. The van der Waals surface area contributed by atoms with Crippen molar-refractivity contribution in [3.8, 4) is 0 Å². The van der Waals surface area contributed by atoms with Gasteiger partial charge in [-0.1, -0.05) is 0 Å². The van der Waals surface area contributed by atoms with E-state index in [1.165, 1.54) is 30.4 Å². The Balaban J connectivity index is 2.00. The number of nitrogens with zero attached hydrogens (tertiary/aromatic N) is 2. The molecule has 1 aliphatic rings. The number of alkyl halides is 1. The summed E-state index contributed by atoms with van der Waals surface area (Å²) in [6.07, 6.45) is 3.21. The van der Waals surface area contributed by atoms with Gasteiger partial charge in [0.15, 0.2) is 0 Å². The van der Waals surface area contributed by atoms with Crippen LogP contribution in [0.25, 0.3) is 11.0 Å². The summed E-state index contributed by atoms with van der Waals surface area (Å²) in [6.45, 7) is 0.960. The van der Waals surface area contributed by atoms with E-state index in [0.29, 0.717) is 16.3 Å². The van der Waals surface area contributed by atoms with Crippen molar-refractivity contribution in [2.75, 3.05) is 17.4 Å². The van der Waals surface area contributed by atoms with Crippen molar-refractivity contribution in [1.82, 2.24) is 9.55 Å². The molecule has 1 aromatic heterocycles. The van der Waals surface area contributed by atoms with Crippen molar-refractivity contribution in [2.24, 2.45) is 5.92 Å². The monoisotopic (exact) mass is 390 g/mol. The summed E-state index contributed by atoms with van der Waals surface area (Å²) in [4.78, 5) is 4.58. The van der Waals surface area contributed by atoms with Crippen LogP contribution in [0.5, 0.6) is 0 Å². The second kappa shape index (κ2) is 6.88. The Morgan fingerprint density at radius 2 is 2.14 bits per heavy atom. The number of rotatable bonds is 4. The van der Waals surface area contributed by atoms with E-state index in [2.05, 4.69) is 25.5 Å². The number of fused-ring (bicyclic) bond motifs is 1. The van der Waals surface area contributed by atoms with E-state index in [1.807, 2.05) is 17.8 Å². The molecule has 0 atom stereocenters. The summed E-state index contributed by atoms with van der Waals surface area (Å²) in [5, 5.41) is 0. The second-order valence-corrected chi connectivity index (χ2v) is 7.85. The van der Waals surface area contributed by atoms with Gasteiger partial charge in [-0.15, -0.1) is 11.6 Å². The van der Waals surface area contributed by atoms with E-state index in [4.69, 9.17) is 11.6 Å². The lowest BCUT2D eigenvalue weighted by Crippen LogP contribution is -2.18. The number of aryl methyl sites for hydroxylation is 1. The average molecular weight is 392 g/mol.